The van der Waals surface area contributed by atoms with Gasteiger partial charge in [-0.3, -0.25) is 0 Å². The summed E-state index contributed by atoms with van der Waals surface area (Å²) in [6.45, 7) is 6.73. The average molecular weight is 826 g/mol. The van der Waals surface area contributed by atoms with Gasteiger partial charge in [-0.15, -0.1) is 0 Å². The Hall–Kier alpha value is -7.05. The second-order valence-electron chi connectivity index (χ2n) is 16.8. The van der Waals surface area contributed by atoms with Crippen LogP contribution < -0.4 is 0 Å². The zero-order valence-corrected chi connectivity index (χ0v) is 36.0. The monoisotopic (exact) mass is 825 g/mol. The third-order valence-electron chi connectivity index (χ3n) is 13.0. The molecule has 0 amide bonds. The second-order valence-corrected chi connectivity index (χ2v) is 16.8. The third kappa shape index (κ3) is 8.21. The topological polar surface area (TPSA) is 64.8 Å². The molecule has 0 aliphatic carbocycles. The summed E-state index contributed by atoms with van der Waals surface area (Å²) in [5.74, 6) is 2.19. The van der Waals surface area contributed by atoms with Gasteiger partial charge >= 0.3 is 0 Å². The molecule has 0 radical (unpaired) electrons. The minimum Gasteiger partial charge on any atom is -0.470 e. The molecule has 0 N–H and O–H groups in total. The number of nitrogens with zero attached hydrogens (tertiary/aromatic N) is 3. The van der Waals surface area contributed by atoms with Crippen LogP contribution in [0.25, 0.3) is 0 Å². The molecule has 3 aliphatic heterocycles. The van der Waals surface area contributed by atoms with Crippen LogP contribution in [0.4, 0.5) is 0 Å². The Morgan fingerprint density at radius 2 is 0.508 bits per heavy atom. The lowest BCUT2D eigenvalue weighted by atomic mass is 9.84. The fourth-order valence-corrected chi connectivity index (χ4v) is 9.67. The summed E-state index contributed by atoms with van der Waals surface area (Å²) in [6, 6.07) is 62.4. The summed E-state index contributed by atoms with van der Waals surface area (Å²) in [6.07, 6.45) is 0.944. The smallest absolute Gasteiger partial charge is 0.189 e. The fourth-order valence-electron chi connectivity index (χ4n) is 9.67. The van der Waals surface area contributed by atoms with E-state index in [-0.39, 0.29) is 36.4 Å². The summed E-state index contributed by atoms with van der Waals surface area (Å²) in [5, 5.41) is 0. The third-order valence-corrected chi connectivity index (χ3v) is 13.0. The van der Waals surface area contributed by atoms with Gasteiger partial charge in [-0.2, -0.15) is 0 Å². The van der Waals surface area contributed by atoms with Crippen LogP contribution in [0.1, 0.15) is 103 Å². The molecule has 3 aliphatic rings. The first-order chi connectivity index (χ1) is 31.0. The zero-order chi connectivity index (χ0) is 42.7. The maximum absolute atomic E-state index is 6.91. The van der Waals surface area contributed by atoms with E-state index in [0.29, 0.717) is 19.3 Å². The molecule has 0 spiro atoms. The lowest BCUT2D eigenvalue weighted by molar-refractivity contribution is 0.193. The van der Waals surface area contributed by atoms with Crippen molar-refractivity contribution in [1.29, 1.82) is 0 Å². The van der Waals surface area contributed by atoms with Crippen molar-refractivity contribution in [1.82, 2.24) is 0 Å². The Balaban J connectivity index is 1.05. The van der Waals surface area contributed by atoms with Crippen molar-refractivity contribution in [3.8, 4) is 0 Å². The van der Waals surface area contributed by atoms with Gasteiger partial charge < -0.3 is 14.2 Å². The van der Waals surface area contributed by atoms with Gasteiger partial charge in [-0.1, -0.05) is 182 Å². The molecule has 0 bridgehead atoms. The first-order valence-electron chi connectivity index (χ1n) is 22.1. The molecule has 7 aromatic carbocycles. The van der Waals surface area contributed by atoms with Gasteiger partial charge in [0.1, 0.15) is 18.1 Å². The largest absolute Gasteiger partial charge is 0.470 e. The second kappa shape index (κ2) is 17.7. The van der Waals surface area contributed by atoms with Crippen molar-refractivity contribution in [2.24, 2.45) is 15.0 Å². The number of hydrogen-bond acceptors (Lipinski definition) is 6. The van der Waals surface area contributed by atoms with E-state index < -0.39 is 0 Å². The van der Waals surface area contributed by atoms with E-state index in [1.807, 2.05) is 18.2 Å². The average Bonchev–Trinajstić information content (AvgIpc) is 4.10. The molecular formula is C57H51N3O3. The lowest BCUT2D eigenvalue weighted by Gasteiger charge is -2.24. The van der Waals surface area contributed by atoms with Crippen molar-refractivity contribution in [3.05, 3.63) is 249 Å². The summed E-state index contributed by atoms with van der Waals surface area (Å²) in [4.78, 5) is 16.1. The van der Waals surface area contributed by atoms with E-state index in [4.69, 9.17) is 29.2 Å². The highest BCUT2D eigenvalue weighted by atomic mass is 16.5. The maximum Gasteiger partial charge on any atom is 0.189 e. The van der Waals surface area contributed by atoms with Gasteiger partial charge in [-0.05, 0) is 87.5 Å². The lowest BCUT2D eigenvalue weighted by Crippen LogP contribution is -2.17. The number of ether oxygens (including phenoxy) is 3. The standard InChI is InChI=1S/C57H51N3O3/c1-37-46(34-49-58-52(40-22-10-4-11-23-40)55(61-49)43-28-16-7-17-29-43)38(2)48(36-51-60-54(42-26-14-6-15-27-42)57(63-51)45-32-20-9-21-33-45)39(3)47(37)35-50-59-53(41-24-12-5-13-25-41)56(62-50)44-30-18-8-19-31-44/h4-33,52-57H,34-36H2,1-3H3/t52-,53-,54-,55-,56-,57-/m0/s1. The van der Waals surface area contributed by atoms with Crippen molar-refractivity contribution in [3.63, 3.8) is 0 Å². The quantitative estimate of drug-likeness (QED) is 0.123. The molecule has 0 unspecified atom stereocenters. The molecule has 10 rings (SSSR count). The summed E-state index contributed by atoms with van der Waals surface area (Å²) in [7, 11) is 0. The van der Waals surface area contributed by atoms with Crippen LogP contribution in [-0.2, 0) is 33.5 Å². The van der Waals surface area contributed by atoms with Gasteiger partial charge in [0, 0.05) is 19.3 Å². The van der Waals surface area contributed by atoms with Crippen molar-refractivity contribution in [2.45, 2.75) is 76.5 Å². The summed E-state index contributed by atoms with van der Waals surface area (Å²) in [5.41, 5.74) is 13.9. The molecular weight excluding hydrogens is 775 g/mol. The first kappa shape index (κ1) is 40.0. The van der Waals surface area contributed by atoms with Gasteiger partial charge in [0.15, 0.2) is 36.0 Å². The highest BCUT2D eigenvalue weighted by molar-refractivity contribution is 5.86. The van der Waals surface area contributed by atoms with Crippen molar-refractivity contribution < 1.29 is 14.2 Å². The van der Waals surface area contributed by atoms with Crippen LogP contribution in [0.5, 0.6) is 0 Å². The maximum atomic E-state index is 6.91. The Kier molecular flexibility index (Phi) is 11.3. The van der Waals surface area contributed by atoms with E-state index in [2.05, 4.69) is 185 Å². The number of aliphatic imine (C=N–C) groups is 3. The predicted molar refractivity (Wildman–Crippen MR) is 252 cm³/mol. The number of benzene rings is 7. The summed E-state index contributed by atoms with van der Waals surface area (Å²) < 4.78 is 20.7. The molecule has 0 saturated carbocycles. The van der Waals surface area contributed by atoms with Crippen LogP contribution in [0.2, 0.25) is 0 Å². The molecule has 312 valence electrons. The van der Waals surface area contributed by atoms with E-state index in [9.17, 15) is 0 Å². The van der Waals surface area contributed by atoms with E-state index in [1.54, 1.807) is 0 Å². The molecule has 6 atom stereocenters. The predicted octanol–water partition coefficient (Wildman–Crippen LogP) is 13.0. The molecule has 0 aromatic heterocycles. The molecule has 6 nitrogen and oxygen atoms in total. The van der Waals surface area contributed by atoms with Crippen molar-refractivity contribution >= 4 is 17.7 Å². The zero-order valence-electron chi connectivity index (χ0n) is 36.0. The highest BCUT2D eigenvalue weighted by Crippen LogP contribution is 2.45. The van der Waals surface area contributed by atoms with Crippen LogP contribution >= 0.6 is 0 Å². The van der Waals surface area contributed by atoms with Crippen LogP contribution in [0.15, 0.2) is 197 Å². The number of hydrogen-bond donors (Lipinski definition) is 0. The van der Waals surface area contributed by atoms with Crippen LogP contribution in [0, 0.1) is 20.8 Å². The minimum atomic E-state index is -0.231. The highest BCUT2D eigenvalue weighted by Gasteiger charge is 2.38. The first-order valence-corrected chi connectivity index (χ1v) is 22.1. The Morgan fingerprint density at radius 3 is 0.730 bits per heavy atom. The Morgan fingerprint density at radius 1 is 0.302 bits per heavy atom. The molecule has 3 heterocycles. The van der Waals surface area contributed by atoms with Crippen LogP contribution in [0.3, 0.4) is 0 Å². The van der Waals surface area contributed by atoms with E-state index in [1.165, 1.54) is 33.4 Å². The molecule has 0 fully saturated rings. The van der Waals surface area contributed by atoms with E-state index in [0.717, 1.165) is 51.1 Å². The number of rotatable bonds is 12. The van der Waals surface area contributed by atoms with Crippen molar-refractivity contribution in [2.75, 3.05) is 0 Å². The Bertz CT molecular complexity index is 2450. The fraction of sp³-hybridized carbons (Fsp3) is 0.211. The van der Waals surface area contributed by atoms with Gasteiger partial charge in [0.25, 0.3) is 0 Å². The van der Waals surface area contributed by atoms with Gasteiger partial charge in [0.05, 0.1) is 0 Å². The van der Waals surface area contributed by atoms with Gasteiger partial charge in [-0.25, -0.2) is 15.0 Å². The summed E-state index contributed by atoms with van der Waals surface area (Å²) >= 11 is 0. The van der Waals surface area contributed by atoms with Crippen LogP contribution in [-0.4, -0.2) is 17.7 Å². The SMILES string of the molecule is Cc1c(CC2=N[C@@H](c3ccccc3)[C@H](c3ccccc3)O2)c(C)c(CC2=N[C@@H](c3ccccc3)[C@H](c3ccccc3)O2)c(C)c1CC1=N[C@@H](c2ccccc2)[C@H](c2ccccc2)O1. The van der Waals surface area contributed by atoms with E-state index >= 15 is 0 Å². The molecule has 63 heavy (non-hydrogen) atoms. The minimum absolute atomic E-state index is 0.161. The molecule has 7 aromatic rings. The Labute approximate surface area is 370 Å². The normalized spacial score (nSPS) is 21.5. The molecule has 0 saturated heterocycles. The van der Waals surface area contributed by atoms with Gasteiger partial charge in [0.2, 0.25) is 0 Å². The molecule has 6 heteroatoms.